The predicted molar refractivity (Wildman–Crippen MR) is 102 cm³/mol. The number of aryl methyl sites for hydroxylation is 1. The molecule has 1 aromatic carbocycles. The van der Waals surface area contributed by atoms with Gasteiger partial charge in [0.25, 0.3) is 0 Å². The van der Waals surface area contributed by atoms with E-state index < -0.39 is 0 Å². The SMILES string of the molecule is COCCOCCOCCOCCOCCC(=O)Oc1ccc(C)cc1Cl. The highest BCUT2D eigenvalue weighted by molar-refractivity contribution is 6.32. The summed E-state index contributed by atoms with van der Waals surface area (Å²) in [7, 11) is 1.63. The number of carbonyl (C=O) groups is 1. The Labute approximate surface area is 165 Å². The third kappa shape index (κ3) is 12.7. The molecular formula is C19H29ClO7. The topological polar surface area (TPSA) is 72.5 Å². The first-order chi connectivity index (χ1) is 13.1. The number of esters is 1. The lowest BCUT2D eigenvalue weighted by Crippen LogP contribution is -2.15. The molecule has 0 aliphatic heterocycles. The maximum atomic E-state index is 11.7. The Kier molecular flexibility index (Phi) is 13.9. The Balaban J connectivity index is 1.89. The fourth-order valence-corrected chi connectivity index (χ4v) is 2.20. The molecule has 154 valence electrons. The molecule has 0 N–H and O–H groups in total. The first-order valence-electron chi connectivity index (χ1n) is 8.90. The monoisotopic (exact) mass is 404 g/mol. The van der Waals surface area contributed by atoms with Crippen LogP contribution in [-0.4, -0.2) is 72.5 Å². The molecule has 0 aliphatic carbocycles. The van der Waals surface area contributed by atoms with E-state index in [0.29, 0.717) is 63.6 Å². The standard InChI is InChI=1S/C19H29ClO7/c1-16-3-4-18(17(20)15-16)27-19(21)5-6-23-9-10-25-13-14-26-12-11-24-8-7-22-2/h3-4,15H,5-14H2,1-2H3. The van der Waals surface area contributed by atoms with Crippen LogP contribution in [0.1, 0.15) is 12.0 Å². The number of rotatable bonds is 16. The third-order valence-corrected chi connectivity index (χ3v) is 3.60. The molecule has 0 spiro atoms. The van der Waals surface area contributed by atoms with Crippen molar-refractivity contribution in [3.05, 3.63) is 28.8 Å². The van der Waals surface area contributed by atoms with Gasteiger partial charge in [0.2, 0.25) is 0 Å². The zero-order valence-electron chi connectivity index (χ0n) is 16.0. The van der Waals surface area contributed by atoms with Crippen molar-refractivity contribution >= 4 is 17.6 Å². The summed E-state index contributed by atoms with van der Waals surface area (Å²) in [6.45, 7) is 6.21. The van der Waals surface area contributed by atoms with Crippen molar-refractivity contribution < 1.29 is 33.2 Å². The average molecular weight is 405 g/mol. The highest BCUT2D eigenvalue weighted by Crippen LogP contribution is 2.25. The van der Waals surface area contributed by atoms with E-state index in [0.717, 1.165) is 5.56 Å². The summed E-state index contributed by atoms with van der Waals surface area (Å²) in [6, 6.07) is 5.26. The first-order valence-corrected chi connectivity index (χ1v) is 9.28. The minimum atomic E-state index is -0.386. The average Bonchev–Trinajstić information content (AvgIpc) is 2.64. The second-order valence-electron chi connectivity index (χ2n) is 5.60. The van der Waals surface area contributed by atoms with Crippen molar-refractivity contribution in [3.8, 4) is 5.75 Å². The Morgan fingerprint density at radius 2 is 1.37 bits per heavy atom. The van der Waals surface area contributed by atoms with Crippen LogP contribution in [0.25, 0.3) is 0 Å². The molecule has 7 nitrogen and oxygen atoms in total. The fraction of sp³-hybridized carbons (Fsp3) is 0.632. The highest BCUT2D eigenvalue weighted by Gasteiger charge is 2.08. The van der Waals surface area contributed by atoms with Crippen LogP contribution in [0.2, 0.25) is 5.02 Å². The van der Waals surface area contributed by atoms with Crippen molar-refractivity contribution in [1.82, 2.24) is 0 Å². The van der Waals surface area contributed by atoms with Gasteiger partial charge >= 0.3 is 5.97 Å². The van der Waals surface area contributed by atoms with Crippen LogP contribution < -0.4 is 4.74 Å². The number of hydrogen-bond acceptors (Lipinski definition) is 7. The summed E-state index contributed by atoms with van der Waals surface area (Å²) in [6.07, 6.45) is 0.149. The van der Waals surface area contributed by atoms with E-state index in [9.17, 15) is 4.79 Å². The molecule has 1 rings (SSSR count). The van der Waals surface area contributed by atoms with Gasteiger partial charge in [-0.2, -0.15) is 0 Å². The number of hydrogen-bond donors (Lipinski definition) is 0. The molecule has 0 fully saturated rings. The lowest BCUT2D eigenvalue weighted by atomic mass is 10.2. The van der Waals surface area contributed by atoms with Crippen LogP contribution in [0.4, 0.5) is 0 Å². The normalized spacial score (nSPS) is 10.9. The van der Waals surface area contributed by atoms with Crippen molar-refractivity contribution in [2.75, 3.05) is 66.6 Å². The van der Waals surface area contributed by atoms with Crippen LogP contribution >= 0.6 is 11.6 Å². The van der Waals surface area contributed by atoms with Crippen molar-refractivity contribution in [2.45, 2.75) is 13.3 Å². The second kappa shape index (κ2) is 15.8. The van der Waals surface area contributed by atoms with Gasteiger partial charge in [-0.15, -0.1) is 0 Å². The maximum Gasteiger partial charge on any atom is 0.313 e. The molecule has 27 heavy (non-hydrogen) atoms. The number of benzene rings is 1. The third-order valence-electron chi connectivity index (χ3n) is 3.31. The highest BCUT2D eigenvalue weighted by atomic mass is 35.5. The molecule has 0 heterocycles. The summed E-state index contributed by atoms with van der Waals surface area (Å²) in [5, 5.41) is 0.418. The minimum absolute atomic E-state index is 0.149. The van der Waals surface area contributed by atoms with Gasteiger partial charge in [-0.1, -0.05) is 17.7 Å². The van der Waals surface area contributed by atoms with E-state index >= 15 is 0 Å². The van der Waals surface area contributed by atoms with Gasteiger partial charge in [0.1, 0.15) is 5.75 Å². The van der Waals surface area contributed by atoms with Crippen molar-refractivity contribution in [1.29, 1.82) is 0 Å². The zero-order valence-corrected chi connectivity index (χ0v) is 16.8. The van der Waals surface area contributed by atoms with Gasteiger partial charge in [0.15, 0.2) is 0 Å². The summed E-state index contributed by atoms with van der Waals surface area (Å²) in [4.78, 5) is 11.7. The van der Waals surface area contributed by atoms with E-state index in [1.807, 2.05) is 13.0 Å². The van der Waals surface area contributed by atoms with E-state index in [-0.39, 0.29) is 19.0 Å². The van der Waals surface area contributed by atoms with Crippen LogP contribution in [0, 0.1) is 6.92 Å². The van der Waals surface area contributed by atoms with Gasteiger partial charge in [-0.3, -0.25) is 4.79 Å². The molecule has 0 amide bonds. The summed E-state index contributed by atoms with van der Waals surface area (Å²) < 4.78 is 31.4. The van der Waals surface area contributed by atoms with Gasteiger partial charge in [-0.25, -0.2) is 0 Å². The van der Waals surface area contributed by atoms with E-state index in [4.69, 9.17) is 40.0 Å². The lowest BCUT2D eigenvalue weighted by molar-refractivity contribution is -0.135. The second-order valence-corrected chi connectivity index (χ2v) is 6.01. The van der Waals surface area contributed by atoms with E-state index in [2.05, 4.69) is 0 Å². The van der Waals surface area contributed by atoms with Crippen molar-refractivity contribution in [3.63, 3.8) is 0 Å². The van der Waals surface area contributed by atoms with Crippen LogP contribution in [0.5, 0.6) is 5.75 Å². The molecule has 0 aliphatic rings. The summed E-state index contributed by atoms with van der Waals surface area (Å²) in [5.41, 5.74) is 1.00. The molecular weight excluding hydrogens is 376 g/mol. The van der Waals surface area contributed by atoms with Gasteiger partial charge in [0.05, 0.1) is 70.9 Å². The number of halogens is 1. The number of carbonyl (C=O) groups excluding carboxylic acids is 1. The van der Waals surface area contributed by atoms with Gasteiger partial charge < -0.3 is 28.4 Å². The first kappa shape index (κ1) is 23.8. The molecule has 0 atom stereocenters. The van der Waals surface area contributed by atoms with E-state index in [1.165, 1.54) is 0 Å². The molecule has 0 aromatic heterocycles. The minimum Gasteiger partial charge on any atom is -0.425 e. The molecule has 1 aromatic rings. The molecule has 0 bridgehead atoms. The summed E-state index contributed by atoms with van der Waals surface area (Å²) >= 11 is 6.02. The number of ether oxygens (including phenoxy) is 6. The fourth-order valence-electron chi connectivity index (χ4n) is 1.92. The van der Waals surface area contributed by atoms with E-state index in [1.54, 1.807) is 19.2 Å². The van der Waals surface area contributed by atoms with Crippen LogP contribution in [0.3, 0.4) is 0 Å². The quantitative estimate of drug-likeness (QED) is 0.238. The summed E-state index contributed by atoms with van der Waals surface area (Å²) in [5.74, 6) is -0.0255. The van der Waals surface area contributed by atoms with Crippen molar-refractivity contribution in [2.24, 2.45) is 0 Å². The zero-order chi connectivity index (χ0) is 19.7. The molecule has 8 heteroatoms. The Hall–Kier alpha value is -1.22. The largest absolute Gasteiger partial charge is 0.425 e. The Morgan fingerprint density at radius 1 is 0.852 bits per heavy atom. The Bertz CT molecular complexity index is 525. The molecule has 0 unspecified atom stereocenters. The van der Waals surface area contributed by atoms with Crippen LogP contribution in [0.15, 0.2) is 18.2 Å². The molecule has 0 saturated heterocycles. The lowest BCUT2D eigenvalue weighted by Gasteiger charge is -2.08. The molecule has 0 saturated carbocycles. The number of methoxy groups -OCH3 is 1. The smallest absolute Gasteiger partial charge is 0.313 e. The maximum absolute atomic E-state index is 11.7. The Morgan fingerprint density at radius 3 is 1.89 bits per heavy atom. The van der Waals surface area contributed by atoms with Gasteiger partial charge in [0, 0.05) is 7.11 Å². The van der Waals surface area contributed by atoms with Crippen LogP contribution in [-0.2, 0) is 28.5 Å². The predicted octanol–water partition coefficient (Wildman–Crippen LogP) is 2.66. The molecule has 0 radical (unpaired) electrons. The van der Waals surface area contributed by atoms with Gasteiger partial charge in [-0.05, 0) is 24.6 Å².